The van der Waals surface area contributed by atoms with Crippen LogP contribution in [0.5, 0.6) is 0 Å². The molecule has 216 valence electrons. The van der Waals surface area contributed by atoms with Crippen molar-refractivity contribution in [1.82, 2.24) is 0 Å². The molecule has 0 amide bonds. The summed E-state index contributed by atoms with van der Waals surface area (Å²) in [5.41, 5.74) is 9.57. The molecular weight excluding hydrogens is 558 g/mol. The van der Waals surface area contributed by atoms with Gasteiger partial charge in [-0.3, -0.25) is 0 Å². The second kappa shape index (κ2) is 10.8. The van der Waals surface area contributed by atoms with E-state index in [0.717, 1.165) is 50.1 Å². The molecule has 0 fully saturated rings. The van der Waals surface area contributed by atoms with E-state index < -0.39 is 0 Å². The van der Waals surface area contributed by atoms with E-state index in [1.807, 2.05) is 6.07 Å². The molecule has 46 heavy (non-hydrogen) atoms. The Bertz CT molecular complexity index is 2520. The van der Waals surface area contributed by atoms with Gasteiger partial charge in [0.2, 0.25) is 0 Å². The lowest BCUT2D eigenvalue weighted by molar-refractivity contribution is 0.670. The van der Waals surface area contributed by atoms with Crippen molar-refractivity contribution in [2.45, 2.75) is 0 Å². The van der Waals surface area contributed by atoms with Crippen molar-refractivity contribution in [3.63, 3.8) is 0 Å². The van der Waals surface area contributed by atoms with Gasteiger partial charge in [0.15, 0.2) is 5.58 Å². The molecule has 8 aromatic carbocycles. The van der Waals surface area contributed by atoms with Crippen LogP contribution in [0.4, 0.5) is 17.1 Å². The Morgan fingerprint density at radius 2 is 0.957 bits per heavy atom. The monoisotopic (exact) mass is 587 g/mol. The minimum atomic E-state index is 0.868. The fourth-order valence-electron chi connectivity index (χ4n) is 6.81. The van der Waals surface area contributed by atoms with E-state index in [0.29, 0.717) is 0 Å². The molecule has 0 N–H and O–H groups in total. The molecular formula is C44H29NO. The van der Waals surface area contributed by atoms with Crippen LogP contribution in [0.2, 0.25) is 0 Å². The van der Waals surface area contributed by atoms with Crippen molar-refractivity contribution < 1.29 is 4.42 Å². The number of nitrogens with zero attached hydrogens (tertiary/aromatic N) is 1. The molecule has 0 saturated heterocycles. The van der Waals surface area contributed by atoms with Crippen LogP contribution in [0.1, 0.15) is 0 Å². The second-order valence-electron chi connectivity index (χ2n) is 11.7. The van der Waals surface area contributed by atoms with Gasteiger partial charge in [-0.15, -0.1) is 0 Å². The molecule has 0 bridgehead atoms. The average Bonchev–Trinajstić information content (AvgIpc) is 3.52. The zero-order chi connectivity index (χ0) is 30.5. The molecule has 1 heterocycles. The number of anilines is 3. The first-order valence-corrected chi connectivity index (χ1v) is 15.7. The van der Waals surface area contributed by atoms with E-state index in [1.54, 1.807) is 0 Å². The van der Waals surface area contributed by atoms with Gasteiger partial charge in [-0.05, 0) is 63.2 Å². The normalized spacial score (nSPS) is 11.5. The summed E-state index contributed by atoms with van der Waals surface area (Å²) < 4.78 is 6.90. The van der Waals surface area contributed by atoms with E-state index in [-0.39, 0.29) is 0 Å². The summed E-state index contributed by atoms with van der Waals surface area (Å²) in [7, 11) is 0. The minimum absolute atomic E-state index is 0.868. The Morgan fingerprint density at radius 3 is 1.80 bits per heavy atom. The summed E-state index contributed by atoms with van der Waals surface area (Å²) in [6.45, 7) is 0. The maximum absolute atomic E-state index is 6.90. The number of para-hydroxylation sites is 2. The van der Waals surface area contributed by atoms with Gasteiger partial charge < -0.3 is 9.32 Å². The standard InChI is InChI=1S/C44H29NO/c1-2-12-33(13-3-1)38-18-9-19-39-40-20-10-22-42(44(40)46-43(38)39)45(41-21-8-16-32-14-6-7-17-37(32)41)36-27-25-31(26-28-36)35-24-23-30-11-4-5-15-34(30)29-35/h1-29H. The summed E-state index contributed by atoms with van der Waals surface area (Å²) >= 11 is 0. The van der Waals surface area contributed by atoms with Crippen LogP contribution < -0.4 is 4.90 Å². The van der Waals surface area contributed by atoms with Gasteiger partial charge in [0, 0.05) is 27.4 Å². The SMILES string of the molecule is c1ccc(-c2cccc3c2oc2c(N(c4ccc(-c5ccc6ccccc6c5)cc4)c4cccc5ccccc45)cccc23)cc1. The van der Waals surface area contributed by atoms with Crippen LogP contribution in [-0.2, 0) is 0 Å². The molecule has 0 unspecified atom stereocenters. The van der Waals surface area contributed by atoms with Gasteiger partial charge in [-0.25, -0.2) is 0 Å². The van der Waals surface area contributed by atoms with Crippen molar-refractivity contribution in [1.29, 1.82) is 0 Å². The molecule has 1 aromatic heterocycles. The number of furan rings is 1. The van der Waals surface area contributed by atoms with Gasteiger partial charge in [0.1, 0.15) is 5.58 Å². The highest BCUT2D eigenvalue weighted by atomic mass is 16.3. The third kappa shape index (κ3) is 4.35. The van der Waals surface area contributed by atoms with E-state index >= 15 is 0 Å². The van der Waals surface area contributed by atoms with Crippen LogP contribution >= 0.6 is 0 Å². The van der Waals surface area contributed by atoms with Gasteiger partial charge in [-0.2, -0.15) is 0 Å². The van der Waals surface area contributed by atoms with E-state index in [9.17, 15) is 0 Å². The minimum Gasteiger partial charge on any atom is -0.453 e. The van der Waals surface area contributed by atoms with Crippen LogP contribution in [0.15, 0.2) is 180 Å². The maximum atomic E-state index is 6.90. The number of hydrogen-bond acceptors (Lipinski definition) is 2. The average molecular weight is 588 g/mol. The van der Waals surface area contributed by atoms with Gasteiger partial charge in [-0.1, -0.05) is 146 Å². The predicted octanol–water partition coefficient (Wildman–Crippen LogP) is 12.7. The molecule has 9 rings (SSSR count). The van der Waals surface area contributed by atoms with Crippen LogP contribution in [0.3, 0.4) is 0 Å². The molecule has 0 atom stereocenters. The largest absolute Gasteiger partial charge is 0.453 e. The van der Waals surface area contributed by atoms with Crippen molar-refractivity contribution in [3.8, 4) is 22.3 Å². The molecule has 0 aliphatic heterocycles. The highest BCUT2D eigenvalue weighted by Gasteiger charge is 2.22. The molecule has 0 aliphatic carbocycles. The Hall–Kier alpha value is -6.12. The second-order valence-corrected chi connectivity index (χ2v) is 11.7. The maximum Gasteiger partial charge on any atom is 0.159 e. The van der Waals surface area contributed by atoms with Crippen molar-refractivity contribution >= 4 is 60.5 Å². The first-order chi connectivity index (χ1) is 22.8. The number of hydrogen-bond donors (Lipinski definition) is 0. The summed E-state index contributed by atoms with van der Waals surface area (Å²) in [5.74, 6) is 0. The number of rotatable bonds is 5. The molecule has 2 heteroatoms. The molecule has 0 saturated carbocycles. The Labute approximate surface area is 267 Å². The fraction of sp³-hybridized carbons (Fsp3) is 0. The van der Waals surface area contributed by atoms with Gasteiger partial charge in [0.05, 0.1) is 11.4 Å². The summed E-state index contributed by atoms with van der Waals surface area (Å²) in [4.78, 5) is 2.35. The lowest BCUT2D eigenvalue weighted by Gasteiger charge is -2.27. The van der Waals surface area contributed by atoms with E-state index in [2.05, 4.69) is 175 Å². The highest BCUT2D eigenvalue weighted by Crippen LogP contribution is 2.45. The predicted molar refractivity (Wildman–Crippen MR) is 194 cm³/mol. The first-order valence-electron chi connectivity index (χ1n) is 15.7. The molecule has 9 aromatic rings. The molecule has 0 radical (unpaired) electrons. The quantitative estimate of drug-likeness (QED) is 0.199. The summed E-state index contributed by atoms with van der Waals surface area (Å²) in [5, 5.41) is 7.08. The zero-order valence-electron chi connectivity index (χ0n) is 25.1. The number of benzene rings is 8. The Balaban J connectivity index is 1.25. The molecule has 0 aliphatic rings. The Morgan fingerprint density at radius 1 is 0.348 bits per heavy atom. The van der Waals surface area contributed by atoms with Crippen LogP contribution in [0.25, 0.3) is 65.7 Å². The van der Waals surface area contributed by atoms with E-state index in [4.69, 9.17) is 4.42 Å². The van der Waals surface area contributed by atoms with Gasteiger partial charge >= 0.3 is 0 Å². The highest BCUT2D eigenvalue weighted by molar-refractivity contribution is 6.14. The smallest absolute Gasteiger partial charge is 0.159 e. The third-order valence-electron chi connectivity index (χ3n) is 9.05. The van der Waals surface area contributed by atoms with Gasteiger partial charge in [0.25, 0.3) is 0 Å². The first kappa shape index (κ1) is 26.3. The van der Waals surface area contributed by atoms with Crippen LogP contribution in [0, 0.1) is 0 Å². The van der Waals surface area contributed by atoms with Crippen LogP contribution in [-0.4, -0.2) is 0 Å². The summed E-state index contributed by atoms with van der Waals surface area (Å²) in [6, 6.07) is 62.6. The lowest BCUT2D eigenvalue weighted by Crippen LogP contribution is -2.10. The topological polar surface area (TPSA) is 16.4 Å². The van der Waals surface area contributed by atoms with Crippen molar-refractivity contribution in [2.24, 2.45) is 0 Å². The molecule has 2 nitrogen and oxygen atoms in total. The van der Waals surface area contributed by atoms with Crippen molar-refractivity contribution in [3.05, 3.63) is 176 Å². The lowest BCUT2D eigenvalue weighted by atomic mass is 10.0. The van der Waals surface area contributed by atoms with E-state index in [1.165, 1.54) is 32.7 Å². The fourth-order valence-corrected chi connectivity index (χ4v) is 6.81. The molecule has 0 spiro atoms. The zero-order valence-corrected chi connectivity index (χ0v) is 25.1. The Kier molecular flexibility index (Phi) is 6.17. The third-order valence-corrected chi connectivity index (χ3v) is 9.05. The van der Waals surface area contributed by atoms with Crippen molar-refractivity contribution in [2.75, 3.05) is 4.90 Å². The number of fused-ring (bicyclic) bond motifs is 5. The summed E-state index contributed by atoms with van der Waals surface area (Å²) in [6.07, 6.45) is 0.